The number of fused-ring (bicyclic) bond motifs is 1. The minimum Gasteiger partial charge on any atom is -0.464 e. The number of rotatable bonds is 5. The van der Waals surface area contributed by atoms with Crippen molar-refractivity contribution in [2.45, 2.75) is 19.4 Å². The monoisotopic (exact) mass is 264 g/mol. The Morgan fingerprint density at radius 1 is 1.47 bits per heavy atom. The number of furan rings is 1. The van der Waals surface area contributed by atoms with Crippen LogP contribution in [0.1, 0.15) is 12.5 Å². The van der Waals surface area contributed by atoms with E-state index < -0.39 is 0 Å². The van der Waals surface area contributed by atoms with E-state index in [9.17, 15) is 9.18 Å². The first-order chi connectivity index (χ1) is 9.10. The average molecular weight is 264 g/mol. The fraction of sp³-hybridized carbons (Fsp3) is 0.357. The highest BCUT2D eigenvalue weighted by molar-refractivity contribution is 5.87. The molecule has 2 rings (SSSR count). The van der Waals surface area contributed by atoms with Gasteiger partial charge in [0.2, 0.25) is 5.91 Å². The normalized spacial score (nSPS) is 12.6. The highest BCUT2D eigenvalue weighted by Crippen LogP contribution is 2.22. The zero-order valence-corrected chi connectivity index (χ0v) is 11.0. The lowest BCUT2D eigenvalue weighted by atomic mass is 10.1. The van der Waals surface area contributed by atoms with Crippen molar-refractivity contribution >= 4 is 16.9 Å². The maximum atomic E-state index is 13.0. The van der Waals surface area contributed by atoms with Gasteiger partial charge in [0.05, 0.1) is 12.7 Å². The molecular formula is C14H17FN2O2. The lowest BCUT2D eigenvalue weighted by Gasteiger charge is -2.10. The smallest absolute Gasteiger partial charge is 0.224 e. The molecule has 19 heavy (non-hydrogen) atoms. The van der Waals surface area contributed by atoms with Gasteiger partial charge < -0.3 is 15.1 Å². The summed E-state index contributed by atoms with van der Waals surface area (Å²) in [7, 11) is 1.84. The second kappa shape index (κ2) is 5.84. The van der Waals surface area contributed by atoms with E-state index in [1.165, 1.54) is 18.4 Å². The Morgan fingerprint density at radius 2 is 2.26 bits per heavy atom. The average Bonchev–Trinajstić information content (AvgIpc) is 2.78. The quantitative estimate of drug-likeness (QED) is 0.866. The van der Waals surface area contributed by atoms with Crippen LogP contribution in [0, 0.1) is 5.82 Å². The van der Waals surface area contributed by atoms with Crippen LogP contribution in [0.2, 0.25) is 0 Å². The van der Waals surface area contributed by atoms with Gasteiger partial charge in [-0.05, 0) is 26.1 Å². The first-order valence-electron chi connectivity index (χ1n) is 6.19. The third-order valence-corrected chi connectivity index (χ3v) is 3.07. The van der Waals surface area contributed by atoms with Crippen molar-refractivity contribution < 1.29 is 13.6 Å². The third kappa shape index (κ3) is 3.32. The van der Waals surface area contributed by atoms with Gasteiger partial charge in [-0.3, -0.25) is 4.79 Å². The Labute approximate surface area is 111 Å². The minimum absolute atomic E-state index is 0.0749. The summed E-state index contributed by atoms with van der Waals surface area (Å²) in [6, 6.07) is 4.54. The summed E-state index contributed by atoms with van der Waals surface area (Å²) in [5, 5.41) is 6.65. The molecule has 0 aliphatic carbocycles. The number of benzene rings is 1. The van der Waals surface area contributed by atoms with Crippen molar-refractivity contribution in [3.8, 4) is 0 Å². The predicted octanol–water partition coefficient (Wildman–Crippen LogP) is 1.84. The zero-order valence-electron chi connectivity index (χ0n) is 11.0. The van der Waals surface area contributed by atoms with E-state index in [2.05, 4.69) is 10.6 Å². The van der Waals surface area contributed by atoms with Gasteiger partial charge >= 0.3 is 0 Å². The second-order valence-electron chi connectivity index (χ2n) is 4.57. The van der Waals surface area contributed by atoms with E-state index in [0.717, 1.165) is 10.9 Å². The fourth-order valence-electron chi connectivity index (χ4n) is 1.80. The summed E-state index contributed by atoms with van der Waals surface area (Å²) < 4.78 is 18.3. The topological polar surface area (TPSA) is 54.3 Å². The number of hydrogen-bond donors (Lipinski definition) is 2. The molecule has 0 fully saturated rings. The molecule has 0 aliphatic heterocycles. The molecule has 102 valence electrons. The van der Waals surface area contributed by atoms with Crippen LogP contribution in [0.4, 0.5) is 4.39 Å². The SMILES string of the molecule is CNC(C)CNC(=O)Cc1coc2cc(F)ccc12. The number of halogens is 1. The molecule has 5 heteroatoms. The maximum absolute atomic E-state index is 13.0. The number of nitrogens with one attached hydrogen (secondary N) is 2. The summed E-state index contributed by atoms with van der Waals surface area (Å²) in [6.45, 7) is 2.55. The molecular weight excluding hydrogens is 247 g/mol. The Hall–Kier alpha value is -1.88. The van der Waals surface area contributed by atoms with Crippen molar-refractivity contribution in [1.29, 1.82) is 0 Å². The van der Waals surface area contributed by atoms with E-state index in [-0.39, 0.29) is 24.2 Å². The van der Waals surface area contributed by atoms with Crippen LogP contribution < -0.4 is 10.6 Å². The summed E-state index contributed by atoms with van der Waals surface area (Å²) >= 11 is 0. The molecule has 1 unspecified atom stereocenters. The molecule has 0 radical (unpaired) electrons. The molecule has 2 N–H and O–H groups in total. The Balaban J connectivity index is 2.03. The Morgan fingerprint density at radius 3 is 3.00 bits per heavy atom. The molecule has 0 spiro atoms. The van der Waals surface area contributed by atoms with Gasteiger partial charge in [-0.25, -0.2) is 4.39 Å². The van der Waals surface area contributed by atoms with Gasteiger partial charge in [0.25, 0.3) is 0 Å². The van der Waals surface area contributed by atoms with Crippen LogP contribution in [0.3, 0.4) is 0 Å². The first kappa shape index (κ1) is 13.5. The van der Waals surface area contributed by atoms with E-state index in [1.54, 1.807) is 6.07 Å². The van der Waals surface area contributed by atoms with Gasteiger partial charge in [-0.2, -0.15) is 0 Å². The van der Waals surface area contributed by atoms with Crippen LogP contribution in [0.15, 0.2) is 28.9 Å². The Kier molecular flexibility index (Phi) is 4.16. The van der Waals surface area contributed by atoms with Crippen molar-refractivity contribution in [2.75, 3.05) is 13.6 Å². The van der Waals surface area contributed by atoms with Gasteiger partial charge in [-0.1, -0.05) is 0 Å². The molecule has 0 bridgehead atoms. The van der Waals surface area contributed by atoms with Crippen LogP contribution >= 0.6 is 0 Å². The van der Waals surface area contributed by atoms with Gasteiger partial charge in [0.15, 0.2) is 0 Å². The van der Waals surface area contributed by atoms with Crippen LogP contribution in [-0.4, -0.2) is 25.5 Å². The second-order valence-corrected chi connectivity index (χ2v) is 4.57. The standard InChI is InChI=1S/C14H17FN2O2/c1-9(16-2)7-17-14(18)5-10-8-19-13-6-11(15)3-4-12(10)13/h3-4,6,8-9,16H,5,7H2,1-2H3,(H,17,18). The number of hydrogen-bond acceptors (Lipinski definition) is 3. The van der Waals surface area contributed by atoms with Gasteiger partial charge in [0.1, 0.15) is 11.4 Å². The van der Waals surface area contributed by atoms with Crippen molar-refractivity contribution in [3.63, 3.8) is 0 Å². The van der Waals surface area contributed by atoms with Crippen LogP contribution in [0.5, 0.6) is 0 Å². The molecule has 1 amide bonds. The number of likely N-dealkylation sites (N-methyl/N-ethyl adjacent to an activating group) is 1. The van der Waals surface area contributed by atoms with Crippen molar-refractivity contribution in [2.24, 2.45) is 0 Å². The first-order valence-corrected chi connectivity index (χ1v) is 6.19. The van der Waals surface area contributed by atoms with E-state index >= 15 is 0 Å². The molecule has 1 aromatic heterocycles. The maximum Gasteiger partial charge on any atom is 0.224 e. The van der Waals surface area contributed by atoms with Crippen LogP contribution in [0.25, 0.3) is 11.0 Å². The zero-order chi connectivity index (χ0) is 13.8. The molecule has 0 saturated carbocycles. The minimum atomic E-state index is -0.347. The Bertz CT molecular complexity index is 580. The lowest BCUT2D eigenvalue weighted by molar-refractivity contribution is -0.120. The highest BCUT2D eigenvalue weighted by Gasteiger charge is 2.11. The summed E-state index contributed by atoms with van der Waals surface area (Å²) in [6.07, 6.45) is 1.74. The predicted molar refractivity (Wildman–Crippen MR) is 71.4 cm³/mol. The third-order valence-electron chi connectivity index (χ3n) is 3.07. The van der Waals surface area contributed by atoms with Gasteiger partial charge in [-0.15, -0.1) is 0 Å². The summed E-state index contributed by atoms with van der Waals surface area (Å²) in [5.74, 6) is -0.421. The van der Waals surface area contributed by atoms with Crippen LogP contribution in [-0.2, 0) is 11.2 Å². The van der Waals surface area contributed by atoms with E-state index in [1.807, 2.05) is 14.0 Å². The summed E-state index contributed by atoms with van der Waals surface area (Å²) in [4.78, 5) is 11.8. The van der Waals surface area contributed by atoms with Crippen molar-refractivity contribution in [3.05, 3.63) is 35.8 Å². The van der Waals surface area contributed by atoms with E-state index in [4.69, 9.17) is 4.42 Å². The van der Waals surface area contributed by atoms with Crippen molar-refractivity contribution in [1.82, 2.24) is 10.6 Å². The number of carbonyl (C=O) groups excluding carboxylic acids is 1. The summed E-state index contributed by atoms with van der Waals surface area (Å²) in [5.41, 5.74) is 1.23. The lowest BCUT2D eigenvalue weighted by Crippen LogP contribution is -2.37. The molecule has 1 atom stereocenters. The molecule has 1 heterocycles. The molecule has 0 saturated heterocycles. The van der Waals surface area contributed by atoms with Gasteiger partial charge in [0, 0.05) is 29.6 Å². The largest absolute Gasteiger partial charge is 0.464 e. The molecule has 4 nitrogen and oxygen atoms in total. The molecule has 2 aromatic rings. The molecule has 1 aromatic carbocycles. The molecule has 0 aliphatic rings. The highest BCUT2D eigenvalue weighted by atomic mass is 19.1. The number of carbonyl (C=O) groups is 1. The number of amides is 1. The van der Waals surface area contributed by atoms with E-state index in [0.29, 0.717) is 12.1 Å². The fourth-order valence-corrected chi connectivity index (χ4v) is 1.80.